The van der Waals surface area contributed by atoms with Crippen LogP contribution in [0.25, 0.3) is 11.1 Å². The minimum absolute atomic E-state index is 0.187. The number of nitrogens with one attached hydrogen (secondary N) is 2. The molecule has 2 aromatic rings. The third kappa shape index (κ3) is 3.19. The highest BCUT2D eigenvalue weighted by Gasteiger charge is 2.34. The number of oxazole rings is 1. The molecular weight excluding hydrogens is 304 g/mol. The number of hydrogen-bond donors (Lipinski definition) is 2. The van der Waals surface area contributed by atoms with Crippen LogP contribution in [0.4, 0.5) is 0 Å². The van der Waals surface area contributed by atoms with Crippen LogP contribution >= 0.6 is 12.2 Å². The summed E-state index contributed by atoms with van der Waals surface area (Å²) < 4.78 is 10.00. The molecule has 7 heteroatoms. The van der Waals surface area contributed by atoms with Crippen LogP contribution in [0.5, 0.6) is 0 Å². The monoisotopic (exact) mass is 320 g/mol. The first-order valence-electron chi connectivity index (χ1n) is 7.07. The minimum atomic E-state index is -0.316. The van der Waals surface area contributed by atoms with Gasteiger partial charge in [0.25, 0.3) is 10.7 Å². The lowest BCUT2D eigenvalue weighted by atomic mass is 10.1. The van der Waals surface area contributed by atoms with E-state index >= 15 is 0 Å². The van der Waals surface area contributed by atoms with Crippen LogP contribution in [0, 0.1) is 10.8 Å². The van der Waals surface area contributed by atoms with Crippen molar-refractivity contribution in [3.8, 4) is 0 Å². The van der Waals surface area contributed by atoms with Gasteiger partial charge < -0.3 is 19.5 Å². The Morgan fingerprint density at radius 3 is 2.95 bits per heavy atom. The second-order valence-corrected chi connectivity index (χ2v) is 5.79. The van der Waals surface area contributed by atoms with Crippen molar-refractivity contribution in [1.29, 1.82) is 0 Å². The van der Waals surface area contributed by atoms with Crippen molar-refractivity contribution in [1.82, 2.24) is 10.3 Å². The fourth-order valence-corrected chi connectivity index (χ4v) is 2.64. The molecule has 22 heavy (non-hydrogen) atoms. The number of ether oxygens (including phenoxy) is 1. The van der Waals surface area contributed by atoms with Gasteiger partial charge in [-0.15, -0.1) is 0 Å². The van der Waals surface area contributed by atoms with Crippen LogP contribution in [-0.2, 0) is 9.53 Å². The summed E-state index contributed by atoms with van der Waals surface area (Å²) in [5.41, 5.74) is 1.75. The largest absolute Gasteiger partial charge is 0.469 e. The molecule has 3 rings (SSSR count). The molecule has 0 radical (unpaired) electrons. The Labute approximate surface area is 131 Å². The molecule has 1 fully saturated rings. The SMILES string of the molecule is COC(=O)C[C@H](NC(=O)c1ccc2[nH]c(=S)oc2c1)C1CC1. The molecule has 6 nitrogen and oxygen atoms in total. The van der Waals surface area contributed by atoms with E-state index in [1.807, 2.05) is 0 Å². The van der Waals surface area contributed by atoms with Crippen LogP contribution < -0.4 is 5.32 Å². The molecule has 1 aromatic heterocycles. The van der Waals surface area contributed by atoms with E-state index in [0.29, 0.717) is 17.1 Å². The van der Waals surface area contributed by atoms with Crippen LogP contribution in [-0.4, -0.2) is 30.0 Å². The predicted octanol–water partition coefficient (Wildman–Crippen LogP) is 2.56. The van der Waals surface area contributed by atoms with Crippen molar-refractivity contribution < 1.29 is 18.7 Å². The number of methoxy groups -OCH3 is 1. The standard InChI is InChI=1S/C15H16N2O4S/c1-20-13(18)7-11(8-2-3-8)16-14(19)9-4-5-10-12(6-9)21-15(22)17-10/h4-6,8,11H,2-3,7H2,1H3,(H,16,19)(H,17,22)/t11-/m0/s1. The maximum Gasteiger partial charge on any atom is 0.307 e. The van der Waals surface area contributed by atoms with Crippen molar-refractivity contribution in [2.24, 2.45) is 5.92 Å². The number of amides is 1. The number of aromatic nitrogens is 1. The molecule has 2 N–H and O–H groups in total. The van der Waals surface area contributed by atoms with Gasteiger partial charge in [-0.25, -0.2) is 0 Å². The number of H-pyrrole nitrogens is 1. The van der Waals surface area contributed by atoms with Gasteiger partial charge in [-0.1, -0.05) is 0 Å². The highest BCUT2D eigenvalue weighted by Crippen LogP contribution is 2.34. The topological polar surface area (TPSA) is 84.3 Å². The van der Waals surface area contributed by atoms with Crippen LogP contribution in [0.1, 0.15) is 29.6 Å². The molecule has 116 valence electrons. The molecule has 1 aromatic carbocycles. The Balaban J connectivity index is 1.75. The Bertz CT molecular complexity index is 775. The van der Waals surface area contributed by atoms with Crippen molar-refractivity contribution in [2.45, 2.75) is 25.3 Å². The van der Waals surface area contributed by atoms with Gasteiger partial charge in [0, 0.05) is 11.6 Å². The maximum absolute atomic E-state index is 12.4. The fraction of sp³-hybridized carbons (Fsp3) is 0.400. The Hall–Kier alpha value is -2.15. The van der Waals surface area contributed by atoms with Crippen molar-refractivity contribution in [3.05, 3.63) is 28.6 Å². The highest BCUT2D eigenvalue weighted by molar-refractivity contribution is 7.71. The normalized spacial score (nSPS) is 15.5. The van der Waals surface area contributed by atoms with E-state index < -0.39 is 0 Å². The zero-order valence-corrected chi connectivity index (χ0v) is 12.9. The lowest BCUT2D eigenvalue weighted by molar-refractivity contribution is -0.141. The van der Waals surface area contributed by atoms with E-state index in [1.54, 1.807) is 18.2 Å². The third-order valence-electron chi connectivity index (χ3n) is 3.80. The first-order valence-corrected chi connectivity index (χ1v) is 7.48. The second kappa shape index (κ2) is 5.92. The third-order valence-corrected chi connectivity index (χ3v) is 3.99. The van der Waals surface area contributed by atoms with Crippen LogP contribution in [0.2, 0.25) is 0 Å². The molecule has 0 unspecified atom stereocenters. The zero-order valence-electron chi connectivity index (χ0n) is 12.0. The summed E-state index contributed by atoms with van der Waals surface area (Å²) >= 11 is 4.92. The summed E-state index contributed by atoms with van der Waals surface area (Å²) in [4.78, 5) is 27.0. The molecule has 1 saturated carbocycles. The average Bonchev–Trinajstić information content (AvgIpc) is 3.27. The summed E-state index contributed by atoms with van der Waals surface area (Å²) in [5.74, 6) is -0.197. The Morgan fingerprint density at radius 2 is 2.27 bits per heavy atom. The molecule has 0 aliphatic heterocycles. The van der Waals surface area contributed by atoms with Gasteiger partial charge in [0.1, 0.15) is 0 Å². The summed E-state index contributed by atoms with van der Waals surface area (Å²) in [6, 6.07) is 4.89. The number of aromatic amines is 1. The predicted molar refractivity (Wildman–Crippen MR) is 82.0 cm³/mol. The van der Waals surface area contributed by atoms with Gasteiger partial charge in [0.05, 0.1) is 19.0 Å². The van der Waals surface area contributed by atoms with Gasteiger partial charge in [-0.3, -0.25) is 9.59 Å². The fourth-order valence-electron chi connectivity index (χ4n) is 2.44. The molecule has 0 bridgehead atoms. The highest BCUT2D eigenvalue weighted by atomic mass is 32.1. The smallest absolute Gasteiger partial charge is 0.307 e. The van der Waals surface area contributed by atoms with E-state index in [1.165, 1.54) is 7.11 Å². The van der Waals surface area contributed by atoms with E-state index in [9.17, 15) is 9.59 Å². The van der Waals surface area contributed by atoms with Crippen LogP contribution in [0.3, 0.4) is 0 Å². The lowest BCUT2D eigenvalue weighted by Crippen LogP contribution is -2.38. The first-order chi connectivity index (χ1) is 10.6. The summed E-state index contributed by atoms with van der Waals surface area (Å²) in [6.07, 6.45) is 2.24. The number of carbonyl (C=O) groups excluding carboxylic acids is 2. The van der Waals surface area contributed by atoms with Gasteiger partial charge in [0.15, 0.2) is 5.58 Å². The summed E-state index contributed by atoms with van der Waals surface area (Å²) in [7, 11) is 1.35. The average molecular weight is 320 g/mol. The van der Waals surface area contributed by atoms with Crippen molar-refractivity contribution in [3.63, 3.8) is 0 Å². The molecule has 1 amide bonds. The minimum Gasteiger partial charge on any atom is -0.469 e. The molecule has 0 saturated heterocycles. The summed E-state index contributed by atoms with van der Waals surface area (Å²) in [6.45, 7) is 0. The Kier molecular flexibility index (Phi) is 3.98. The number of benzene rings is 1. The number of hydrogen-bond acceptors (Lipinski definition) is 5. The first kappa shape index (κ1) is 14.8. The van der Waals surface area contributed by atoms with Gasteiger partial charge in [-0.05, 0) is 49.2 Å². The maximum atomic E-state index is 12.4. The van der Waals surface area contributed by atoms with Crippen molar-refractivity contribution in [2.75, 3.05) is 7.11 Å². The van der Waals surface area contributed by atoms with E-state index in [4.69, 9.17) is 16.6 Å². The second-order valence-electron chi connectivity index (χ2n) is 5.42. The number of rotatable bonds is 5. The Morgan fingerprint density at radius 1 is 1.50 bits per heavy atom. The van der Waals surface area contributed by atoms with E-state index in [0.717, 1.165) is 18.4 Å². The lowest BCUT2D eigenvalue weighted by Gasteiger charge is -2.17. The number of carbonyl (C=O) groups is 2. The molecule has 0 spiro atoms. The van der Waals surface area contributed by atoms with Gasteiger partial charge >= 0.3 is 5.97 Å². The van der Waals surface area contributed by atoms with Crippen LogP contribution in [0.15, 0.2) is 22.6 Å². The molecular formula is C15H16N2O4S. The summed E-state index contributed by atoms with van der Waals surface area (Å²) in [5, 5.41) is 2.91. The zero-order chi connectivity index (χ0) is 15.7. The molecule has 1 aliphatic carbocycles. The van der Waals surface area contributed by atoms with E-state index in [2.05, 4.69) is 15.0 Å². The number of esters is 1. The van der Waals surface area contributed by atoms with Crippen molar-refractivity contribution >= 4 is 35.2 Å². The van der Waals surface area contributed by atoms with Gasteiger partial charge in [0.2, 0.25) is 0 Å². The molecule has 1 atom stereocenters. The van der Waals surface area contributed by atoms with E-state index in [-0.39, 0.29) is 29.2 Å². The quantitative estimate of drug-likeness (QED) is 0.653. The molecule has 1 heterocycles. The molecule has 1 aliphatic rings. The van der Waals surface area contributed by atoms with Gasteiger partial charge in [-0.2, -0.15) is 0 Å². The number of fused-ring (bicyclic) bond motifs is 1.